The average molecular weight is 421 g/mol. The van der Waals surface area contributed by atoms with Gasteiger partial charge in [-0.25, -0.2) is 0 Å². The van der Waals surface area contributed by atoms with Crippen LogP contribution in [0.3, 0.4) is 0 Å². The standard InChI is InChI=1S/C25H19N5O2/c26-15-19-7-4-8-21(14-19)29-24(31)22-16-27-30-23(22)25(32)28-20-11-9-18(10-12-20)13-17-5-2-1-3-6-17/h1-12,14,16H,13H2,(H,27,30)(H,28,32)(H,29,31). The van der Waals surface area contributed by atoms with Crippen LogP contribution in [0.2, 0.25) is 0 Å². The lowest BCUT2D eigenvalue weighted by Crippen LogP contribution is -2.19. The number of anilines is 2. The predicted molar refractivity (Wildman–Crippen MR) is 121 cm³/mol. The SMILES string of the molecule is N#Cc1cccc(NC(=O)c2cn[nH]c2C(=O)Nc2ccc(Cc3ccccc3)cc2)c1. The number of nitrogens with one attached hydrogen (secondary N) is 3. The molecule has 3 N–H and O–H groups in total. The number of benzene rings is 3. The van der Waals surface area contributed by atoms with Crippen molar-refractivity contribution in [2.45, 2.75) is 6.42 Å². The van der Waals surface area contributed by atoms with Crippen LogP contribution in [0.25, 0.3) is 0 Å². The van der Waals surface area contributed by atoms with E-state index in [0.29, 0.717) is 16.9 Å². The number of rotatable bonds is 6. The van der Waals surface area contributed by atoms with E-state index in [1.807, 2.05) is 48.5 Å². The second-order valence-electron chi connectivity index (χ2n) is 7.12. The maximum Gasteiger partial charge on any atom is 0.274 e. The van der Waals surface area contributed by atoms with E-state index in [0.717, 1.165) is 12.0 Å². The van der Waals surface area contributed by atoms with Gasteiger partial charge in [0.25, 0.3) is 11.8 Å². The van der Waals surface area contributed by atoms with Crippen LogP contribution in [0, 0.1) is 11.3 Å². The van der Waals surface area contributed by atoms with Gasteiger partial charge in [0.1, 0.15) is 5.69 Å². The summed E-state index contributed by atoms with van der Waals surface area (Å²) in [5.74, 6) is -0.980. The van der Waals surface area contributed by atoms with Crippen LogP contribution in [0.15, 0.2) is 85.1 Å². The maximum atomic E-state index is 12.7. The summed E-state index contributed by atoms with van der Waals surface area (Å²) < 4.78 is 0. The summed E-state index contributed by atoms with van der Waals surface area (Å²) in [6, 6.07) is 26.2. The van der Waals surface area contributed by atoms with Gasteiger partial charge in [0.05, 0.1) is 23.4 Å². The van der Waals surface area contributed by atoms with Gasteiger partial charge in [0, 0.05) is 11.4 Å². The van der Waals surface area contributed by atoms with E-state index in [-0.39, 0.29) is 11.3 Å². The van der Waals surface area contributed by atoms with Crippen LogP contribution in [0.5, 0.6) is 0 Å². The molecule has 7 nitrogen and oxygen atoms in total. The molecule has 4 aromatic rings. The van der Waals surface area contributed by atoms with Crippen molar-refractivity contribution >= 4 is 23.2 Å². The molecule has 0 fully saturated rings. The van der Waals surface area contributed by atoms with Gasteiger partial charge in [0.2, 0.25) is 0 Å². The molecule has 0 aliphatic heterocycles. The van der Waals surface area contributed by atoms with Gasteiger partial charge in [0.15, 0.2) is 0 Å². The molecule has 0 unspecified atom stereocenters. The molecule has 2 amide bonds. The van der Waals surface area contributed by atoms with E-state index in [4.69, 9.17) is 5.26 Å². The third-order valence-electron chi connectivity index (χ3n) is 4.82. The van der Waals surface area contributed by atoms with Crippen molar-refractivity contribution in [1.29, 1.82) is 5.26 Å². The minimum Gasteiger partial charge on any atom is -0.322 e. The molecule has 156 valence electrons. The van der Waals surface area contributed by atoms with Crippen LogP contribution >= 0.6 is 0 Å². The average Bonchev–Trinajstić information content (AvgIpc) is 3.32. The Morgan fingerprint density at radius 1 is 0.844 bits per heavy atom. The first kappa shape index (κ1) is 20.6. The highest BCUT2D eigenvalue weighted by Crippen LogP contribution is 2.17. The first-order valence-electron chi connectivity index (χ1n) is 9.91. The molecule has 1 heterocycles. The third-order valence-corrected chi connectivity index (χ3v) is 4.82. The van der Waals surface area contributed by atoms with E-state index < -0.39 is 11.8 Å². The molecule has 0 aliphatic rings. The van der Waals surface area contributed by atoms with Crippen molar-refractivity contribution in [3.63, 3.8) is 0 Å². The number of nitriles is 1. The highest BCUT2D eigenvalue weighted by Gasteiger charge is 2.20. The van der Waals surface area contributed by atoms with Gasteiger partial charge < -0.3 is 10.6 Å². The fraction of sp³-hybridized carbons (Fsp3) is 0.0400. The summed E-state index contributed by atoms with van der Waals surface area (Å²) in [4.78, 5) is 25.4. The zero-order chi connectivity index (χ0) is 22.3. The molecule has 0 saturated carbocycles. The highest BCUT2D eigenvalue weighted by molar-refractivity contribution is 6.14. The van der Waals surface area contributed by atoms with Crippen LogP contribution in [-0.2, 0) is 6.42 Å². The Kier molecular flexibility index (Phi) is 6.05. The van der Waals surface area contributed by atoms with Gasteiger partial charge in [-0.15, -0.1) is 0 Å². The van der Waals surface area contributed by atoms with Crippen molar-refractivity contribution in [3.05, 3.63) is 113 Å². The number of amides is 2. The second-order valence-corrected chi connectivity index (χ2v) is 7.12. The van der Waals surface area contributed by atoms with E-state index >= 15 is 0 Å². The minimum absolute atomic E-state index is 0.0484. The zero-order valence-corrected chi connectivity index (χ0v) is 17.0. The van der Waals surface area contributed by atoms with E-state index in [9.17, 15) is 9.59 Å². The molecule has 0 aliphatic carbocycles. The number of aromatic amines is 1. The number of H-pyrrole nitrogens is 1. The Morgan fingerprint density at radius 2 is 1.56 bits per heavy atom. The highest BCUT2D eigenvalue weighted by atomic mass is 16.2. The molecule has 0 atom stereocenters. The van der Waals surface area contributed by atoms with Gasteiger partial charge in [-0.05, 0) is 47.9 Å². The zero-order valence-electron chi connectivity index (χ0n) is 17.0. The van der Waals surface area contributed by atoms with Crippen LogP contribution in [-0.4, -0.2) is 22.0 Å². The molecule has 32 heavy (non-hydrogen) atoms. The van der Waals surface area contributed by atoms with Gasteiger partial charge in [-0.1, -0.05) is 48.5 Å². The fourth-order valence-electron chi connectivity index (χ4n) is 3.23. The molecule has 0 radical (unpaired) electrons. The second kappa shape index (κ2) is 9.41. The number of carbonyl (C=O) groups excluding carboxylic acids is 2. The quantitative estimate of drug-likeness (QED) is 0.429. The summed E-state index contributed by atoms with van der Waals surface area (Å²) in [7, 11) is 0. The lowest BCUT2D eigenvalue weighted by molar-refractivity contribution is 0.0988. The number of hydrogen-bond acceptors (Lipinski definition) is 4. The van der Waals surface area contributed by atoms with Crippen molar-refractivity contribution in [2.24, 2.45) is 0 Å². The summed E-state index contributed by atoms with van der Waals surface area (Å²) in [5.41, 5.74) is 3.96. The fourth-order valence-corrected chi connectivity index (χ4v) is 3.23. The number of hydrogen-bond donors (Lipinski definition) is 3. The first-order valence-corrected chi connectivity index (χ1v) is 9.91. The van der Waals surface area contributed by atoms with Crippen molar-refractivity contribution in [2.75, 3.05) is 10.6 Å². The summed E-state index contributed by atoms with van der Waals surface area (Å²) >= 11 is 0. The van der Waals surface area contributed by atoms with Crippen molar-refractivity contribution in [3.8, 4) is 6.07 Å². The smallest absolute Gasteiger partial charge is 0.274 e. The topological polar surface area (TPSA) is 111 Å². The van der Waals surface area contributed by atoms with Crippen molar-refractivity contribution < 1.29 is 9.59 Å². The summed E-state index contributed by atoms with van der Waals surface area (Å²) in [6.45, 7) is 0. The van der Waals surface area contributed by atoms with E-state index in [1.54, 1.807) is 24.3 Å². The molecule has 3 aromatic carbocycles. The summed E-state index contributed by atoms with van der Waals surface area (Å²) in [5, 5.41) is 20.9. The minimum atomic E-state index is -0.503. The molecule has 0 saturated heterocycles. The largest absolute Gasteiger partial charge is 0.322 e. The predicted octanol–water partition coefficient (Wildman–Crippen LogP) is 4.38. The molecular formula is C25H19N5O2. The summed E-state index contributed by atoms with van der Waals surface area (Å²) in [6.07, 6.45) is 2.09. The maximum absolute atomic E-state index is 12.7. The molecule has 4 rings (SSSR count). The van der Waals surface area contributed by atoms with Crippen LogP contribution < -0.4 is 10.6 Å². The molecule has 7 heteroatoms. The Labute approximate surface area is 184 Å². The monoisotopic (exact) mass is 421 g/mol. The van der Waals surface area contributed by atoms with Gasteiger partial charge in [-0.3, -0.25) is 14.7 Å². The molecule has 0 bridgehead atoms. The van der Waals surface area contributed by atoms with Crippen LogP contribution in [0.1, 0.15) is 37.5 Å². The van der Waals surface area contributed by atoms with Gasteiger partial charge in [-0.2, -0.15) is 10.4 Å². The first-order chi connectivity index (χ1) is 15.6. The Hall–Kier alpha value is -4.70. The number of carbonyl (C=O) groups is 2. The lowest BCUT2D eigenvalue weighted by atomic mass is 10.0. The number of aromatic nitrogens is 2. The number of nitrogens with zero attached hydrogens (tertiary/aromatic N) is 2. The third kappa shape index (κ3) is 4.89. The normalized spacial score (nSPS) is 10.2. The lowest BCUT2D eigenvalue weighted by Gasteiger charge is -2.08. The Morgan fingerprint density at radius 3 is 2.31 bits per heavy atom. The molecular weight excluding hydrogens is 402 g/mol. The molecule has 0 spiro atoms. The van der Waals surface area contributed by atoms with Gasteiger partial charge >= 0.3 is 0 Å². The van der Waals surface area contributed by atoms with Crippen molar-refractivity contribution in [1.82, 2.24) is 10.2 Å². The van der Waals surface area contributed by atoms with E-state index in [2.05, 4.69) is 33.0 Å². The Balaban J connectivity index is 1.43. The van der Waals surface area contributed by atoms with Crippen LogP contribution in [0.4, 0.5) is 11.4 Å². The Bertz CT molecular complexity index is 1290. The molecule has 1 aromatic heterocycles. The van der Waals surface area contributed by atoms with E-state index in [1.165, 1.54) is 11.8 Å².